The summed E-state index contributed by atoms with van der Waals surface area (Å²) in [7, 11) is -4.07. The number of nitrogens with one attached hydrogen (secondary N) is 1. The molecular weight excluding hydrogens is 486 g/mol. The van der Waals surface area contributed by atoms with Gasteiger partial charge in [-0.3, -0.25) is 13.9 Å². The average Bonchev–Trinajstić information content (AvgIpc) is 2.85. The SMILES string of the molecule is Cc1ccc(S(=O)(=O)N(CC(=O)N(Cc2ccccc2)C(C)C(=O)NC(C)C)c2cccc(C)c2)cc1. The molecule has 0 aliphatic heterocycles. The summed E-state index contributed by atoms with van der Waals surface area (Å²) in [5.74, 6) is -0.782. The quantitative estimate of drug-likeness (QED) is 0.427. The summed E-state index contributed by atoms with van der Waals surface area (Å²) >= 11 is 0. The summed E-state index contributed by atoms with van der Waals surface area (Å²) in [5, 5.41) is 2.85. The Balaban J connectivity index is 2.02. The number of rotatable bonds is 10. The minimum absolute atomic E-state index is 0.0904. The van der Waals surface area contributed by atoms with E-state index in [2.05, 4.69) is 5.32 Å². The van der Waals surface area contributed by atoms with Crippen molar-refractivity contribution in [3.05, 3.63) is 95.6 Å². The number of aryl methyl sites for hydroxylation is 2. The molecule has 0 spiro atoms. The molecule has 3 aromatic carbocycles. The van der Waals surface area contributed by atoms with Gasteiger partial charge in [-0.1, -0.05) is 60.2 Å². The van der Waals surface area contributed by atoms with Crippen molar-refractivity contribution in [2.24, 2.45) is 0 Å². The number of amides is 2. The summed E-state index contributed by atoms with van der Waals surface area (Å²) in [6.45, 7) is 8.81. The van der Waals surface area contributed by atoms with Gasteiger partial charge < -0.3 is 10.2 Å². The van der Waals surface area contributed by atoms with Gasteiger partial charge >= 0.3 is 0 Å². The second kappa shape index (κ2) is 12.1. The van der Waals surface area contributed by atoms with E-state index in [1.54, 1.807) is 49.4 Å². The molecule has 0 aromatic heterocycles. The van der Waals surface area contributed by atoms with Gasteiger partial charge in [0.15, 0.2) is 0 Å². The molecule has 3 aromatic rings. The Morgan fingerprint density at radius 1 is 0.838 bits per heavy atom. The van der Waals surface area contributed by atoms with Crippen molar-refractivity contribution in [2.75, 3.05) is 10.8 Å². The summed E-state index contributed by atoms with van der Waals surface area (Å²) < 4.78 is 28.7. The lowest BCUT2D eigenvalue weighted by atomic mass is 10.1. The molecule has 0 saturated carbocycles. The van der Waals surface area contributed by atoms with Crippen LogP contribution in [0.15, 0.2) is 83.8 Å². The Morgan fingerprint density at radius 2 is 1.49 bits per heavy atom. The summed E-state index contributed by atoms with van der Waals surface area (Å²) in [6, 6.07) is 22.0. The van der Waals surface area contributed by atoms with Crippen LogP contribution in [-0.2, 0) is 26.2 Å². The first-order chi connectivity index (χ1) is 17.5. The largest absolute Gasteiger partial charge is 0.352 e. The minimum atomic E-state index is -4.07. The molecule has 2 amide bonds. The van der Waals surface area contributed by atoms with Crippen LogP contribution in [-0.4, -0.2) is 43.8 Å². The number of carbonyl (C=O) groups excluding carboxylic acids is 2. The number of hydrogen-bond acceptors (Lipinski definition) is 4. The number of sulfonamides is 1. The van der Waals surface area contributed by atoms with Crippen molar-refractivity contribution < 1.29 is 18.0 Å². The van der Waals surface area contributed by atoms with E-state index in [-0.39, 0.29) is 23.4 Å². The van der Waals surface area contributed by atoms with Crippen LogP contribution in [0.2, 0.25) is 0 Å². The van der Waals surface area contributed by atoms with Crippen LogP contribution in [0.1, 0.15) is 37.5 Å². The highest BCUT2D eigenvalue weighted by Gasteiger charge is 2.32. The normalized spacial score (nSPS) is 12.2. The van der Waals surface area contributed by atoms with Gasteiger partial charge in [-0.05, 0) is 70.0 Å². The van der Waals surface area contributed by atoms with Gasteiger partial charge in [0, 0.05) is 12.6 Å². The van der Waals surface area contributed by atoms with E-state index in [0.717, 1.165) is 21.0 Å². The second-order valence-corrected chi connectivity index (χ2v) is 11.4. The first-order valence-corrected chi connectivity index (χ1v) is 13.7. The Morgan fingerprint density at radius 3 is 2.08 bits per heavy atom. The average molecular weight is 522 g/mol. The van der Waals surface area contributed by atoms with Crippen LogP contribution in [0, 0.1) is 13.8 Å². The first kappa shape index (κ1) is 27.9. The van der Waals surface area contributed by atoms with Gasteiger partial charge in [0.25, 0.3) is 10.0 Å². The Kier molecular flexibility index (Phi) is 9.10. The van der Waals surface area contributed by atoms with E-state index >= 15 is 0 Å². The van der Waals surface area contributed by atoms with Gasteiger partial charge in [-0.25, -0.2) is 8.42 Å². The molecule has 0 aliphatic rings. The Labute approximate surface area is 220 Å². The smallest absolute Gasteiger partial charge is 0.264 e. The van der Waals surface area contributed by atoms with Gasteiger partial charge in [0.2, 0.25) is 11.8 Å². The van der Waals surface area contributed by atoms with Crippen molar-refractivity contribution in [1.29, 1.82) is 0 Å². The molecule has 0 aliphatic carbocycles. The number of nitrogens with zero attached hydrogens (tertiary/aromatic N) is 2. The second-order valence-electron chi connectivity index (χ2n) is 9.51. The van der Waals surface area contributed by atoms with E-state index < -0.39 is 28.5 Å². The highest BCUT2D eigenvalue weighted by atomic mass is 32.2. The van der Waals surface area contributed by atoms with E-state index in [0.29, 0.717) is 5.69 Å². The molecule has 1 atom stereocenters. The first-order valence-electron chi connectivity index (χ1n) is 12.3. The Hall–Kier alpha value is -3.65. The molecule has 0 heterocycles. The number of benzene rings is 3. The molecule has 0 bridgehead atoms. The maximum Gasteiger partial charge on any atom is 0.264 e. The fourth-order valence-corrected chi connectivity index (χ4v) is 5.32. The van der Waals surface area contributed by atoms with E-state index in [1.165, 1.54) is 4.90 Å². The maximum atomic E-state index is 13.8. The fourth-order valence-electron chi connectivity index (χ4n) is 3.92. The van der Waals surface area contributed by atoms with Crippen LogP contribution < -0.4 is 9.62 Å². The minimum Gasteiger partial charge on any atom is -0.352 e. The van der Waals surface area contributed by atoms with Crippen molar-refractivity contribution in [3.8, 4) is 0 Å². The van der Waals surface area contributed by atoms with Gasteiger partial charge in [0.1, 0.15) is 12.6 Å². The number of anilines is 1. The molecule has 0 radical (unpaired) electrons. The summed E-state index contributed by atoms with van der Waals surface area (Å²) in [5.41, 5.74) is 3.01. The standard InChI is InChI=1S/C29H35N3O4S/c1-21(2)30-29(34)24(5)31(19-25-11-7-6-8-12-25)28(33)20-32(26-13-9-10-23(4)18-26)37(35,36)27-16-14-22(3)15-17-27/h6-18,21,24H,19-20H2,1-5H3,(H,30,34). The number of carbonyl (C=O) groups is 2. The maximum absolute atomic E-state index is 13.8. The van der Waals surface area contributed by atoms with Gasteiger partial charge in [-0.2, -0.15) is 0 Å². The zero-order chi connectivity index (χ0) is 27.2. The Bertz CT molecular complexity index is 1320. The summed E-state index contributed by atoms with van der Waals surface area (Å²) in [6.07, 6.45) is 0. The number of hydrogen-bond donors (Lipinski definition) is 1. The third-order valence-electron chi connectivity index (χ3n) is 5.97. The van der Waals surface area contributed by atoms with Gasteiger partial charge in [0.05, 0.1) is 10.6 Å². The predicted molar refractivity (Wildman–Crippen MR) is 147 cm³/mol. The third kappa shape index (κ3) is 7.20. The molecular formula is C29H35N3O4S. The third-order valence-corrected chi connectivity index (χ3v) is 7.76. The molecule has 1 unspecified atom stereocenters. The van der Waals surface area contributed by atoms with Crippen LogP contribution >= 0.6 is 0 Å². The lowest BCUT2D eigenvalue weighted by Gasteiger charge is -2.32. The van der Waals surface area contributed by atoms with Crippen LogP contribution in [0.5, 0.6) is 0 Å². The topological polar surface area (TPSA) is 86.8 Å². The zero-order valence-corrected chi connectivity index (χ0v) is 22.8. The zero-order valence-electron chi connectivity index (χ0n) is 22.0. The molecule has 1 N–H and O–H groups in total. The predicted octanol–water partition coefficient (Wildman–Crippen LogP) is 4.44. The van der Waals surface area contributed by atoms with Crippen molar-refractivity contribution in [1.82, 2.24) is 10.2 Å². The van der Waals surface area contributed by atoms with E-state index in [9.17, 15) is 18.0 Å². The molecule has 7 nitrogen and oxygen atoms in total. The van der Waals surface area contributed by atoms with Crippen LogP contribution in [0.3, 0.4) is 0 Å². The molecule has 3 rings (SSSR count). The molecule has 0 saturated heterocycles. The molecule has 0 fully saturated rings. The monoisotopic (exact) mass is 521 g/mol. The van der Waals surface area contributed by atoms with Gasteiger partial charge in [-0.15, -0.1) is 0 Å². The summed E-state index contributed by atoms with van der Waals surface area (Å²) in [4.78, 5) is 28.2. The van der Waals surface area contributed by atoms with Crippen LogP contribution in [0.25, 0.3) is 0 Å². The van der Waals surface area contributed by atoms with Crippen molar-refractivity contribution >= 4 is 27.5 Å². The van der Waals surface area contributed by atoms with Crippen molar-refractivity contribution in [3.63, 3.8) is 0 Å². The fraction of sp³-hybridized carbons (Fsp3) is 0.310. The molecule has 8 heteroatoms. The van der Waals surface area contributed by atoms with E-state index in [1.807, 2.05) is 64.1 Å². The lowest BCUT2D eigenvalue weighted by molar-refractivity contribution is -0.139. The van der Waals surface area contributed by atoms with E-state index in [4.69, 9.17) is 0 Å². The lowest BCUT2D eigenvalue weighted by Crippen LogP contribution is -2.52. The van der Waals surface area contributed by atoms with Crippen molar-refractivity contribution in [2.45, 2.75) is 58.1 Å². The highest BCUT2D eigenvalue weighted by Crippen LogP contribution is 2.25. The van der Waals surface area contributed by atoms with Crippen LogP contribution in [0.4, 0.5) is 5.69 Å². The highest BCUT2D eigenvalue weighted by molar-refractivity contribution is 7.92. The molecule has 196 valence electrons. The molecule has 37 heavy (non-hydrogen) atoms.